The lowest BCUT2D eigenvalue weighted by Crippen LogP contribution is -2.08. The molecule has 0 bridgehead atoms. The third-order valence-corrected chi connectivity index (χ3v) is 4.26. The zero-order chi connectivity index (χ0) is 16.9. The maximum atomic E-state index is 13.4. The summed E-state index contributed by atoms with van der Waals surface area (Å²) in [5, 5.41) is 6.05. The van der Waals surface area contributed by atoms with Gasteiger partial charge in [-0.3, -0.25) is 0 Å². The summed E-state index contributed by atoms with van der Waals surface area (Å²) in [4.78, 5) is 0.722. The monoisotopic (exact) mass is 379 g/mol. The SMILES string of the molecule is Cc1nn(-c2c(Cl)cc(C(F)(F)F)cc2Cl)nc1S(C)(F)F. The minimum absolute atomic E-state index is 0.0467. The van der Waals surface area contributed by atoms with Crippen LogP contribution in [0, 0.1) is 6.92 Å². The molecule has 0 N–H and O–H groups in total. The van der Waals surface area contributed by atoms with Crippen molar-refractivity contribution in [3.63, 3.8) is 0 Å². The highest BCUT2D eigenvalue weighted by Crippen LogP contribution is 2.55. The summed E-state index contributed by atoms with van der Waals surface area (Å²) in [6, 6.07) is 1.27. The van der Waals surface area contributed by atoms with E-state index in [2.05, 4.69) is 10.2 Å². The lowest BCUT2D eigenvalue weighted by atomic mass is 10.2. The highest BCUT2D eigenvalue weighted by Gasteiger charge is 2.33. The average Bonchev–Trinajstić information content (AvgIpc) is 2.68. The predicted molar refractivity (Wildman–Crippen MR) is 75.1 cm³/mol. The molecule has 0 aliphatic heterocycles. The number of aromatic nitrogens is 3. The van der Waals surface area contributed by atoms with Crippen LogP contribution in [-0.4, -0.2) is 21.2 Å². The number of aryl methyl sites for hydroxylation is 1. The van der Waals surface area contributed by atoms with Gasteiger partial charge >= 0.3 is 6.18 Å². The van der Waals surface area contributed by atoms with E-state index in [9.17, 15) is 20.9 Å². The van der Waals surface area contributed by atoms with Crippen molar-refractivity contribution in [3.05, 3.63) is 33.4 Å². The lowest BCUT2D eigenvalue weighted by Gasteiger charge is -2.12. The van der Waals surface area contributed by atoms with Crippen LogP contribution in [-0.2, 0) is 6.18 Å². The van der Waals surface area contributed by atoms with Gasteiger partial charge in [-0.2, -0.15) is 26.0 Å². The van der Waals surface area contributed by atoms with Crippen molar-refractivity contribution >= 4 is 34.0 Å². The van der Waals surface area contributed by atoms with Crippen molar-refractivity contribution in [1.29, 1.82) is 0 Å². The second-order valence-corrected chi connectivity index (χ2v) is 7.04. The average molecular weight is 380 g/mol. The molecule has 11 heteroatoms. The molecule has 1 heterocycles. The molecule has 1 aromatic carbocycles. The number of rotatable bonds is 2. The van der Waals surface area contributed by atoms with Crippen molar-refractivity contribution in [2.45, 2.75) is 18.1 Å². The Hall–Kier alpha value is -1.06. The van der Waals surface area contributed by atoms with Crippen molar-refractivity contribution in [3.8, 4) is 5.69 Å². The van der Waals surface area contributed by atoms with Gasteiger partial charge in [-0.1, -0.05) is 23.2 Å². The van der Waals surface area contributed by atoms with Gasteiger partial charge in [0.15, 0.2) is 5.03 Å². The standard InChI is InChI=1S/C11H8Cl2F5N3S/c1-5-10(22(2,17)18)20-21(19-5)9-7(12)3-6(4-8(9)13)11(14,15)16/h3-4H,1-2H3. The fourth-order valence-corrected chi connectivity index (χ4v) is 3.14. The highest BCUT2D eigenvalue weighted by atomic mass is 35.5. The van der Waals surface area contributed by atoms with Gasteiger partial charge in [-0.05, 0) is 19.1 Å². The Labute approximate surface area is 133 Å². The second-order valence-electron chi connectivity index (χ2n) is 4.39. The molecule has 0 atom stereocenters. The van der Waals surface area contributed by atoms with E-state index in [1.54, 1.807) is 0 Å². The Kier molecular flexibility index (Phi) is 4.35. The molecule has 0 fully saturated rings. The van der Waals surface area contributed by atoms with E-state index in [0.29, 0.717) is 18.4 Å². The normalized spacial score (nSPS) is 13.5. The van der Waals surface area contributed by atoms with Crippen LogP contribution in [0.15, 0.2) is 17.2 Å². The highest BCUT2D eigenvalue weighted by molar-refractivity contribution is 8.24. The maximum absolute atomic E-state index is 13.4. The third kappa shape index (κ3) is 3.31. The molecule has 0 spiro atoms. The van der Waals surface area contributed by atoms with E-state index in [0.717, 1.165) is 4.80 Å². The number of nitrogens with zero attached hydrogens (tertiary/aromatic N) is 3. The van der Waals surface area contributed by atoms with E-state index in [-0.39, 0.29) is 11.4 Å². The largest absolute Gasteiger partial charge is 0.416 e. The fraction of sp³-hybridized carbons (Fsp3) is 0.273. The molecule has 0 unspecified atom stereocenters. The smallest absolute Gasteiger partial charge is 0.166 e. The summed E-state index contributed by atoms with van der Waals surface area (Å²) in [6.45, 7) is 1.31. The molecule has 122 valence electrons. The molecule has 3 nitrogen and oxygen atoms in total. The topological polar surface area (TPSA) is 30.7 Å². The van der Waals surface area contributed by atoms with Gasteiger partial charge in [-0.25, -0.2) is 0 Å². The van der Waals surface area contributed by atoms with Crippen molar-refractivity contribution < 1.29 is 20.9 Å². The van der Waals surface area contributed by atoms with Crippen molar-refractivity contribution in [2.75, 3.05) is 6.26 Å². The van der Waals surface area contributed by atoms with Crippen molar-refractivity contribution in [1.82, 2.24) is 15.0 Å². The minimum atomic E-state index is -4.63. The minimum Gasteiger partial charge on any atom is -0.166 e. The molecule has 0 saturated heterocycles. The summed E-state index contributed by atoms with van der Waals surface area (Å²) in [7, 11) is -4.14. The second kappa shape index (κ2) is 5.54. The number of alkyl halides is 3. The summed E-state index contributed by atoms with van der Waals surface area (Å²) < 4.78 is 64.8. The fourth-order valence-electron chi connectivity index (χ4n) is 1.72. The molecule has 0 amide bonds. The summed E-state index contributed by atoms with van der Waals surface area (Å²) in [5.41, 5.74) is -1.29. The van der Waals surface area contributed by atoms with Crippen LogP contribution in [0.5, 0.6) is 0 Å². The predicted octanol–water partition coefficient (Wildman–Crippen LogP) is 5.46. The molecule has 2 rings (SSSR count). The number of benzene rings is 1. The van der Waals surface area contributed by atoms with Crippen LogP contribution in [0.2, 0.25) is 10.0 Å². The van der Waals surface area contributed by atoms with E-state index in [4.69, 9.17) is 23.2 Å². The molecule has 0 radical (unpaired) electrons. The van der Waals surface area contributed by atoms with E-state index in [1.807, 2.05) is 0 Å². The molecule has 0 aliphatic carbocycles. The van der Waals surface area contributed by atoms with Gasteiger partial charge < -0.3 is 0 Å². The van der Waals surface area contributed by atoms with Crippen LogP contribution in [0.1, 0.15) is 11.3 Å². The van der Waals surface area contributed by atoms with E-state index < -0.39 is 37.6 Å². The Bertz CT molecular complexity index is 700. The van der Waals surface area contributed by atoms with Gasteiger partial charge in [0.2, 0.25) is 0 Å². The Morgan fingerprint density at radius 1 is 1.09 bits per heavy atom. The van der Waals surface area contributed by atoms with Crippen LogP contribution < -0.4 is 0 Å². The first-order valence-electron chi connectivity index (χ1n) is 5.59. The van der Waals surface area contributed by atoms with Gasteiger partial charge in [0.1, 0.15) is 16.5 Å². The molecule has 1 aromatic heterocycles. The van der Waals surface area contributed by atoms with Crippen LogP contribution in [0.4, 0.5) is 20.9 Å². The number of hydrogen-bond donors (Lipinski definition) is 0. The molecule has 22 heavy (non-hydrogen) atoms. The zero-order valence-corrected chi connectivity index (χ0v) is 13.4. The molecule has 0 saturated carbocycles. The zero-order valence-electron chi connectivity index (χ0n) is 11.1. The van der Waals surface area contributed by atoms with Crippen LogP contribution in [0.25, 0.3) is 5.69 Å². The van der Waals surface area contributed by atoms with Crippen LogP contribution >= 0.6 is 34.0 Å². The molecular formula is C11H8Cl2F5N3S. The van der Waals surface area contributed by atoms with Crippen molar-refractivity contribution in [2.24, 2.45) is 0 Å². The van der Waals surface area contributed by atoms with Gasteiger partial charge in [0, 0.05) is 6.26 Å². The quantitative estimate of drug-likeness (QED) is 0.648. The first kappa shape index (κ1) is 17.3. The molecule has 2 aromatic rings. The Balaban J connectivity index is 2.60. The summed E-state index contributed by atoms with van der Waals surface area (Å²) in [6.07, 6.45) is -3.92. The van der Waals surface area contributed by atoms with E-state index in [1.165, 1.54) is 6.92 Å². The van der Waals surface area contributed by atoms with Gasteiger partial charge in [0.05, 0.1) is 21.3 Å². The molecular weight excluding hydrogens is 372 g/mol. The summed E-state index contributed by atoms with van der Waals surface area (Å²) in [5.74, 6) is 0. The first-order valence-corrected chi connectivity index (χ1v) is 8.19. The first-order chi connectivity index (χ1) is 9.91. The van der Waals surface area contributed by atoms with Crippen LogP contribution in [0.3, 0.4) is 0 Å². The lowest BCUT2D eigenvalue weighted by molar-refractivity contribution is -0.137. The maximum Gasteiger partial charge on any atom is 0.416 e. The molecule has 0 aliphatic rings. The summed E-state index contributed by atoms with van der Waals surface area (Å²) >= 11 is 11.6. The number of hydrogen-bond acceptors (Lipinski definition) is 2. The number of halogens is 7. The Morgan fingerprint density at radius 3 is 1.95 bits per heavy atom. The Morgan fingerprint density at radius 2 is 1.59 bits per heavy atom. The third-order valence-electron chi connectivity index (χ3n) is 2.62. The van der Waals surface area contributed by atoms with Gasteiger partial charge in [-0.15, -0.1) is 9.90 Å². The van der Waals surface area contributed by atoms with Gasteiger partial charge in [0.25, 0.3) is 0 Å². The van der Waals surface area contributed by atoms with E-state index >= 15 is 0 Å².